The molecular weight excluding hydrogens is 1020 g/mol. The summed E-state index contributed by atoms with van der Waals surface area (Å²) in [6.45, 7) is 6.54. The van der Waals surface area contributed by atoms with Gasteiger partial charge in [0.2, 0.25) is 0 Å². The lowest BCUT2D eigenvalue weighted by molar-refractivity contribution is -0.167. The Balaban J connectivity index is 4.32. The smallest absolute Gasteiger partial charge is 0.306 e. The summed E-state index contributed by atoms with van der Waals surface area (Å²) in [4.78, 5) is 38.5. The van der Waals surface area contributed by atoms with Crippen molar-refractivity contribution in [1.82, 2.24) is 0 Å². The predicted molar refractivity (Wildman–Crippen MR) is 362 cm³/mol. The SMILES string of the molecule is CC/C=C\C/C=C\C/C=C\C/C=C\CCCCCCCCC(=O)OC(COC(=O)CCCCCCCCCCC/C=C\C/C=C\CCCCC)COC(=O)CCCCCCCCCCCCCCCCC/C=C\CCCCCCCCCC. The van der Waals surface area contributed by atoms with Gasteiger partial charge in [0.25, 0.3) is 0 Å². The Labute approximate surface area is 515 Å². The molecule has 0 rings (SSSR count). The minimum atomic E-state index is -0.788. The van der Waals surface area contributed by atoms with Crippen molar-refractivity contribution in [2.75, 3.05) is 13.2 Å². The Bertz CT molecular complexity index is 1570. The summed E-state index contributed by atoms with van der Waals surface area (Å²) >= 11 is 0. The average Bonchev–Trinajstić information content (AvgIpc) is 3.50. The third-order valence-corrected chi connectivity index (χ3v) is 15.9. The number of unbranched alkanes of at least 4 members (excludes halogenated alkanes) is 41. The van der Waals surface area contributed by atoms with Crippen LogP contribution in [0.5, 0.6) is 0 Å². The quantitative estimate of drug-likeness (QED) is 0.0261. The molecule has 0 spiro atoms. The van der Waals surface area contributed by atoms with E-state index in [1.807, 2.05) is 0 Å². The molecule has 0 aromatic heterocycles. The number of hydrogen-bond acceptors (Lipinski definition) is 6. The van der Waals surface area contributed by atoms with Gasteiger partial charge in [-0.2, -0.15) is 0 Å². The van der Waals surface area contributed by atoms with E-state index in [9.17, 15) is 14.4 Å². The summed E-state index contributed by atoms with van der Waals surface area (Å²) in [5.74, 6) is -0.880. The van der Waals surface area contributed by atoms with Gasteiger partial charge in [-0.15, -0.1) is 0 Å². The molecule has 0 aliphatic heterocycles. The van der Waals surface area contributed by atoms with Crippen LogP contribution in [0.3, 0.4) is 0 Å². The molecule has 0 amide bonds. The minimum Gasteiger partial charge on any atom is -0.462 e. The Morgan fingerprint density at radius 3 is 0.771 bits per heavy atom. The maximum absolute atomic E-state index is 13.0. The van der Waals surface area contributed by atoms with Crippen LogP contribution in [0, 0.1) is 0 Å². The minimum absolute atomic E-state index is 0.0813. The summed E-state index contributed by atoms with van der Waals surface area (Å²) < 4.78 is 17.0. The summed E-state index contributed by atoms with van der Waals surface area (Å²) in [5.41, 5.74) is 0. The molecule has 0 saturated heterocycles. The molecule has 0 fully saturated rings. The highest BCUT2D eigenvalue weighted by molar-refractivity contribution is 5.71. The fourth-order valence-corrected chi connectivity index (χ4v) is 10.5. The number of rotatable bonds is 66. The Morgan fingerprint density at radius 2 is 0.470 bits per heavy atom. The van der Waals surface area contributed by atoms with Gasteiger partial charge in [-0.3, -0.25) is 14.4 Å². The first-order valence-electron chi connectivity index (χ1n) is 36.1. The van der Waals surface area contributed by atoms with Gasteiger partial charge in [0.1, 0.15) is 13.2 Å². The highest BCUT2D eigenvalue weighted by Crippen LogP contribution is 2.18. The molecule has 0 saturated carbocycles. The number of hydrogen-bond donors (Lipinski definition) is 0. The van der Waals surface area contributed by atoms with Gasteiger partial charge < -0.3 is 14.2 Å². The summed E-state index contributed by atoms with van der Waals surface area (Å²) in [6.07, 6.45) is 94.7. The molecule has 0 aliphatic carbocycles. The van der Waals surface area contributed by atoms with Crippen LogP contribution in [0.4, 0.5) is 0 Å². The number of allylic oxidation sites excluding steroid dienone is 14. The Hall–Kier alpha value is -3.41. The van der Waals surface area contributed by atoms with E-state index < -0.39 is 6.10 Å². The fraction of sp³-hybridized carbons (Fsp3) is 0.779. The van der Waals surface area contributed by atoms with Gasteiger partial charge in [0, 0.05) is 19.3 Å². The van der Waals surface area contributed by atoms with E-state index in [0.717, 1.165) is 103 Å². The summed E-state index contributed by atoms with van der Waals surface area (Å²) in [5, 5.41) is 0. The van der Waals surface area contributed by atoms with E-state index in [1.54, 1.807) is 0 Å². The lowest BCUT2D eigenvalue weighted by Crippen LogP contribution is -2.30. The van der Waals surface area contributed by atoms with Crippen LogP contribution in [0.15, 0.2) is 85.1 Å². The van der Waals surface area contributed by atoms with Gasteiger partial charge in [0.15, 0.2) is 6.10 Å². The number of ether oxygens (including phenoxy) is 3. The third-order valence-electron chi connectivity index (χ3n) is 15.9. The monoisotopic (exact) mass is 1160 g/mol. The molecule has 6 nitrogen and oxygen atoms in total. The second kappa shape index (κ2) is 71.1. The fourth-order valence-electron chi connectivity index (χ4n) is 10.5. The molecule has 0 aliphatic rings. The van der Waals surface area contributed by atoms with Crippen LogP contribution in [-0.2, 0) is 28.6 Å². The molecule has 0 heterocycles. The van der Waals surface area contributed by atoms with E-state index in [1.165, 1.54) is 225 Å². The van der Waals surface area contributed by atoms with Crippen molar-refractivity contribution >= 4 is 17.9 Å². The number of carbonyl (C=O) groups excluding carboxylic acids is 3. The molecule has 83 heavy (non-hydrogen) atoms. The molecule has 0 N–H and O–H groups in total. The maximum Gasteiger partial charge on any atom is 0.306 e. The molecular formula is C77H136O6. The molecule has 0 radical (unpaired) electrons. The van der Waals surface area contributed by atoms with E-state index in [4.69, 9.17) is 14.2 Å². The van der Waals surface area contributed by atoms with Crippen molar-refractivity contribution in [1.29, 1.82) is 0 Å². The van der Waals surface area contributed by atoms with Crippen LogP contribution in [-0.4, -0.2) is 37.2 Å². The standard InChI is InChI=1S/C77H136O6/c1-4-7-10-13-16-19-22-25-28-31-34-35-36-37-38-39-40-41-44-46-49-52-55-58-61-64-67-70-76(79)82-73-74(83-77(80)71-68-65-62-59-56-53-50-47-43-33-30-27-24-21-18-15-12-9-6-3)72-81-75(78)69-66-63-60-57-54-51-48-45-42-32-29-26-23-20-17-14-11-8-5-2/h9,12,17-18,20-21,26-27,29-31,34,43,47,74H,4-8,10-11,13-16,19,22-25,28,32-33,35-42,44-46,48-73H2,1-3H3/b12-9-,20-17-,21-18-,29-26-,30-27-,34-31-,47-43-. The van der Waals surface area contributed by atoms with Crippen molar-refractivity contribution in [3.8, 4) is 0 Å². The first kappa shape index (κ1) is 79.6. The molecule has 0 aromatic rings. The van der Waals surface area contributed by atoms with Crippen molar-refractivity contribution in [3.05, 3.63) is 85.1 Å². The van der Waals surface area contributed by atoms with E-state index >= 15 is 0 Å². The predicted octanol–water partition coefficient (Wildman–Crippen LogP) is 25.0. The molecule has 6 heteroatoms. The summed E-state index contributed by atoms with van der Waals surface area (Å²) in [6, 6.07) is 0. The van der Waals surface area contributed by atoms with Crippen LogP contribution >= 0.6 is 0 Å². The van der Waals surface area contributed by atoms with Crippen LogP contribution < -0.4 is 0 Å². The average molecular weight is 1160 g/mol. The first-order chi connectivity index (χ1) is 41.0. The number of carbonyl (C=O) groups is 3. The molecule has 0 aromatic carbocycles. The zero-order valence-electron chi connectivity index (χ0n) is 55.2. The van der Waals surface area contributed by atoms with Crippen molar-refractivity contribution < 1.29 is 28.6 Å². The molecule has 1 atom stereocenters. The summed E-state index contributed by atoms with van der Waals surface area (Å²) in [7, 11) is 0. The molecule has 1 unspecified atom stereocenters. The van der Waals surface area contributed by atoms with Crippen molar-refractivity contribution in [2.24, 2.45) is 0 Å². The van der Waals surface area contributed by atoms with Crippen molar-refractivity contribution in [3.63, 3.8) is 0 Å². The second-order valence-corrected chi connectivity index (χ2v) is 24.1. The second-order valence-electron chi connectivity index (χ2n) is 24.1. The van der Waals surface area contributed by atoms with Crippen LogP contribution in [0.1, 0.15) is 367 Å². The lowest BCUT2D eigenvalue weighted by Gasteiger charge is -2.18. The Kier molecular flexibility index (Phi) is 68.2. The normalized spacial score (nSPS) is 12.6. The lowest BCUT2D eigenvalue weighted by atomic mass is 10.0. The highest BCUT2D eigenvalue weighted by Gasteiger charge is 2.19. The van der Waals surface area contributed by atoms with Gasteiger partial charge >= 0.3 is 17.9 Å². The van der Waals surface area contributed by atoms with E-state index in [2.05, 4.69) is 106 Å². The largest absolute Gasteiger partial charge is 0.462 e. The van der Waals surface area contributed by atoms with Gasteiger partial charge in [-0.25, -0.2) is 0 Å². The van der Waals surface area contributed by atoms with Gasteiger partial charge in [0.05, 0.1) is 0 Å². The molecule has 480 valence electrons. The third kappa shape index (κ3) is 69.3. The zero-order valence-corrected chi connectivity index (χ0v) is 55.2. The first-order valence-corrected chi connectivity index (χ1v) is 36.1. The van der Waals surface area contributed by atoms with Crippen LogP contribution in [0.25, 0.3) is 0 Å². The van der Waals surface area contributed by atoms with Crippen LogP contribution in [0.2, 0.25) is 0 Å². The highest BCUT2D eigenvalue weighted by atomic mass is 16.6. The van der Waals surface area contributed by atoms with Gasteiger partial charge in [-0.1, -0.05) is 318 Å². The Morgan fingerprint density at radius 1 is 0.253 bits per heavy atom. The van der Waals surface area contributed by atoms with E-state index in [0.29, 0.717) is 19.3 Å². The van der Waals surface area contributed by atoms with Gasteiger partial charge in [-0.05, 0) is 116 Å². The zero-order chi connectivity index (χ0) is 59.9. The molecule has 0 bridgehead atoms. The topological polar surface area (TPSA) is 78.9 Å². The van der Waals surface area contributed by atoms with E-state index in [-0.39, 0.29) is 31.1 Å². The maximum atomic E-state index is 13.0. The van der Waals surface area contributed by atoms with Crippen molar-refractivity contribution in [2.45, 2.75) is 374 Å². The number of esters is 3.